The number of para-hydroxylation sites is 1. The Morgan fingerprint density at radius 1 is 0.810 bits per heavy atom. The molecule has 0 N–H and O–H groups in total. The highest BCUT2D eigenvalue weighted by Crippen LogP contribution is 2.58. The van der Waals surface area contributed by atoms with Crippen LogP contribution in [0.15, 0.2) is 142 Å². The smallest absolute Gasteiger partial charge is 0.284 e. The summed E-state index contributed by atoms with van der Waals surface area (Å²) in [5.41, 5.74) is 2.69. The van der Waals surface area contributed by atoms with Crippen molar-refractivity contribution in [3.8, 4) is 5.75 Å². The predicted molar refractivity (Wildman–Crippen MR) is 175 cm³/mol. The topological polar surface area (TPSA) is 59.0 Å². The van der Waals surface area contributed by atoms with Gasteiger partial charge in [0.15, 0.2) is 0 Å². The van der Waals surface area contributed by atoms with Crippen LogP contribution in [0.25, 0.3) is 10.8 Å². The SMILES string of the molecule is CN1/C(=C/[P@@](=NS(=O)(=O)c2ccc(Cl)cc2)(Oc2ccc3ccccc3c2)c2ccccc2)C(C)(C)c2ccccc21. The van der Waals surface area contributed by atoms with Crippen LogP contribution >= 0.6 is 18.9 Å². The van der Waals surface area contributed by atoms with Crippen LogP contribution in [-0.4, -0.2) is 15.5 Å². The van der Waals surface area contributed by atoms with Gasteiger partial charge < -0.3 is 9.42 Å². The zero-order chi connectivity index (χ0) is 29.5. The van der Waals surface area contributed by atoms with E-state index >= 15 is 0 Å². The van der Waals surface area contributed by atoms with Crippen LogP contribution in [0.4, 0.5) is 5.69 Å². The maximum absolute atomic E-state index is 14.1. The van der Waals surface area contributed by atoms with Crippen LogP contribution in [-0.2, 0) is 15.4 Å². The Morgan fingerprint density at radius 3 is 2.17 bits per heavy atom. The van der Waals surface area contributed by atoms with Crippen molar-refractivity contribution in [3.63, 3.8) is 0 Å². The maximum Gasteiger partial charge on any atom is 0.284 e. The lowest BCUT2D eigenvalue weighted by molar-refractivity contribution is 0.594. The predicted octanol–water partition coefficient (Wildman–Crippen LogP) is 8.97. The first-order chi connectivity index (χ1) is 20.1. The molecule has 5 aromatic carbocycles. The van der Waals surface area contributed by atoms with Crippen molar-refractivity contribution in [1.29, 1.82) is 0 Å². The van der Waals surface area contributed by atoms with Crippen molar-refractivity contribution >= 4 is 50.7 Å². The molecule has 42 heavy (non-hydrogen) atoms. The van der Waals surface area contributed by atoms with Crippen molar-refractivity contribution in [3.05, 3.63) is 143 Å². The Balaban J connectivity index is 1.66. The van der Waals surface area contributed by atoms with Crippen molar-refractivity contribution in [2.45, 2.75) is 24.2 Å². The molecule has 5 nitrogen and oxygen atoms in total. The Labute approximate surface area is 252 Å². The summed E-state index contributed by atoms with van der Waals surface area (Å²) in [4.78, 5) is 2.16. The van der Waals surface area contributed by atoms with E-state index < -0.39 is 22.7 Å². The van der Waals surface area contributed by atoms with Crippen molar-refractivity contribution in [2.24, 2.45) is 4.15 Å². The molecule has 1 aliphatic heterocycles. The molecule has 212 valence electrons. The second kappa shape index (κ2) is 10.8. The van der Waals surface area contributed by atoms with E-state index in [0.717, 1.165) is 27.7 Å². The van der Waals surface area contributed by atoms with Crippen LogP contribution in [0, 0.1) is 0 Å². The van der Waals surface area contributed by atoms with Gasteiger partial charge in [-0.15, -0.1) is 4.15 Å². The van der Waals surface area contributed by atoms with Crippen LogP contribution in [0.5, 0.6) is 5.75 Å². The molecule has 6 rings (SSSR count). The van der Waals surface area contributed by atoms with Gasteiger partial charge >= 0.3 is 0 Å². The molecule has 0 aromatic heterocycles. The summed E-state index contributed by atoms with van der Waals surface area (Å²) < 4.78 is 39.8. The number of hydrogen-bond acceptors (Lipinski definition) is 4. The fourth-order valence-corrected chi connectivity index (χ4v) is 10.6. The fraction of sp³-hybridized carbons (Fsp3) is 0.118. The third-order valence-electron chi connectivity index (χ3n) is 7.67. The van der Waals surface area contributed by atoms with Gasteiger partial charge in [0.2, 0.25) is 7.28 Å². The molecule has 8 heteroatoms. The molecule has 0 fully saturated rings. The van der Waals surface area contributed by atoms with Gasteiger partial charge in [0.25, 0.3) is 10.0 Å². The number of benzene rings is 5. The second-order valence-electron chi connectivity index (χ2n) is 10.8. The molecule has 0 spiro atoms. The Morgan fingerprint density at radius 2 is 1.45 bits per heavy atom. The van der Waals surface area contributed by atoms with E-state index in [-0.39, 0.29) is 4.90 Å². The van der Waals surface area contributed by atoms with E-state index in [1.54, 1.807) is 12.1 Å². The molecule has 5 aromatic rings. The summed E-state index contributed by atoms with van der Waals surface area (Å²) in [5.74, 6) is 2.50. The highest BCUT2D eigenvalue weighted by Gasteiger charge is 2.41. The van der Waals surface area contributed by atoms with E-state index in [1.807, 2.05) is 97.8 Å². The van der Waals surface area contributed by atoms with E-state index in [2.05, 4.69) is 30.9 Å². The fourth-order valence-electron chi connectivity index (χ4n) is 5.48. The van der Waals surface area contributed by atoms with Crippen LogP contribution in [0.1, 0.15) is 19.4 Å². The Kier molecular flexibility index (Phi) is 7.26. The number of hydrogen-bond donors (Lipinski definition) is 0. The molecular weight excluding hydrogens is 583 g/mol. The summed E-state index contributed by atoms with van der Waals surface area (Å²) in [7, 11) is -5.62. The largest absolute Gasteiger partial charge is 0.451 e. The average molecular weight is 613 g/mol. The minimum Gasteiger partial charge on any atom is -0.451 e. The van der Waals surface area contributed by atoms with E-state index in [0.29, 0.717) is 16.1 Å². The number of nitrogens with zero attached hydrogens (tertiary/aromatic N) is 2. The first-order valence-corrected chi connectivity index (χ1v) is 17.1. The summed E-state index contributed by atoms with van der Waals surface area (Å²) in [6, 6.07) is 37.5. The zero-order valence-corrected chi connectivity index (χ0v) is 25.9. The molecular formula is C34H30ClN2O3PS. The monoisotopic (exact) mass is 612 g/mol. The van der Waals surface area contributed by atoms with Crippen molar-refractivity contribution in [1.82, 2.24) is 0 Å². The number of likely N-dealkylation sites (N-methyl/N-ethyl adjacent to an activating group) is 1. The third kappa shape index (κ3) is 5.15. The molecule has 0 saturated heterocycles. The van der Waals surface area contributed by atoms with Gasteiger partial charge in [-0.3, -0.25) is 0 Å². The molecule has 0 bridgehead atoms. The van der Waals surface area contributed by atoms with Gasteiger partial charge in [-0.2, -0.15) is 8.42 Å². The first-order valence-electron chi connectivity index (χ1n) is 13.5. The molecule has 0 unspecified atom stereocenters. The Hall–Kier alpha value is -3.83. The lowest BCUT2D eigenvalue weighted by Gasteiger charge is -2.29. The summed E-state index contributed by atoms with van der Waals surface area (Å²) in [6.07, 6.45) is 0. The van der Waals surface area contributed by atoms with Crippen molar-refractivity contribution < 1.29 is 12.9 Å². The van der Waals surface area contributed by atoms with Gasteiger partial charge in [0, 0.05) is 40.0 Å². The summed E-state index contributed by atoms with van der Waals surface area (Å²) in [5, 5.41) is 3.17. The standard InChI is InChI=1S/C34H30ClN2O3PS/c1-34(2)31-15-9-10-16-32(31)37(3)33(34)24-41(29-13-5-4-6-14-29,36-42(38,39)30-21-18-27(35)19-22-30)40-28-20-17-25-11-7-8-12-26(25)23-28/h4-24H,1-3H3/b33-24+/t41-/m1/s1. The Bertz CT molecular complexity index is 1990. The highest BCUT2D eigenvalue weighted by molar-refractivity contribution is 7.95. The number of sulfonamides is 1. The molecule has 0 aliphatic carbocycles. The lowest BCUT2D eigenvalue weighted by Crippen LogP contribution is -2.24. The molecule has 0 radical (unpaired) electrons. The van der Waals surface area contributed by atoms with Crippen molar-refractivity contribution in [2.75, 3.05) is 11.9 Å². The first kappa shape index (κ1) is 28.3. The quantitative estimate of drug-likeness (QED) is 0.180. The van der Waals surface area contributed by atoms with Crippen LogP contribution in [0.3, 0.4) is 0 Å². The van der Waals surface area contributed by atoms with Gasteiger partial charge in [-0.05, 0) is 70.9 Å². The number of halogens is 1. The average Bonchev–Trinajstić information content (AvgIpc) is 3.18. The second-order valence-corrected chi connectivity index (χ2v) is 15.5. The third-order valence-corrected chi connectivity index (χ3v) is 12.7. The molecule has 1 heterocycles. The van der Waals surface area contributed by atoms with Crippen LogP contribution in [0.2, 0.25) is 5.02 Å². The van der Waals surface area contributed by atoms with Crippen LogP contribution < -0.4 is 14.7 Å². The highest BCUT2D eigenvalue weighted by atomic mass is 35.5. The normalized spacial score (nSPS) is 16.7. The number of fused-ring (bicyclic) bond motifs is 2. The molecule has 0 amide bonds. The minimum atomic E-state index is -4.18. The van der Waals surface area contributed by atoms with Gasteiger partial charge in [0.1, 0.15) is 5.75 Å². The van der Waals surface area contributed by atoms with Gasteiger partial charge in [0.05, 0.1) is 4.90 Å². The van der Waals surface area contributed by atoms with E-state index in [9.17, 15) is 8.42 Å². The van der Waals surface area contributed by atoms with Gasteiger partial charge in [-0.25, -0.2) is 0 Å². The van der Waals surface area contributed by atoms with Gasteiger partial charge in [-0.1, -0.05) is 92.2 Å². The molecule has 1 atom stereocenters. The lowest BCUT2D eigenvalue weighted by atomic mass is 9.84. The molecule has 1 aliphatic rings. The maximum atomic E-state index is 14.1. The van der Waals surface area contributed by atoms with E-state index in [1.165, 1.54) is 12.1 Å². The zero-order valence-electron chi connectivity index (χ0n) is 23.5. The number of anilines is 1. The number of allylic oxidation sites excluding steroid dienone is 1. The minimum absolute atomic E-state index is 0.0510. The molecule has 0 saturated carbocycles. The summed E-state index contributed by atoms with van der Waals surface area (Å²) in [6.45, 7) is 4.29. The van der Waals surface area contributed by atoms with E-state index in [4.69, 9.17) is 20.3 Å². The number of rotatable bonds is 6. The summed E-state index contributed by atoms with van der Waals surface area (Å²) >= 11 is 6.09.